The molecule has 14 heavy (non-hydrogen) atoms. The van der Waals surface area contributed by atoms with E-state index >= 15 is 0 Å². The van der Waals surface area contributed by atoms with Crippen LogP contribution in [0.4, 0.5) is 0 Å². The molecule has 1 aliphatic heterocycles. The van der Waals surface area contributed by atoms with Crippen molar-refractivity contribution in [2.24, 2.45) is 5.41 Å². The van der Waals surface area contributed by atoms with Gasteiger partial charge in [-0.15, -0.1) is 0 Å². The summed E-state index contributed by atoms with van der Waals surface area (Å²) in [6, 6.07) is 0. The van der Waals surface area contributed by atoms with Gasteiger partial charge in [-0.25, -0.2) is 0 Å². The minimum Gasteiger partial charge on any atom is -0.372 e. The van der Waals surface area contributed by atoms with Crippen LogP contribution in [0.3, 0.4) is 0 Å². The third-order valence-corrected chi connectivity index (χ3v) is 2.68. The molecule has 3 heteroatoms. The molecule has 0 atom stereocenters. The van der Waals surface area contributed by atoms with Gasteiger partial charge in [0, 0.05) is 19.7 Å². The molecule has 1 heterocycles. The number of ether oxygens (including phenoxy) is 1. The number of carbonyl (C=O) groups is 1. The van der Waals surface area contributed by atoms with E-state index in [2.05, 4.69) is 13.8 Å². The van der Waals surface area contributed by atoms with Crippen molar-refractivity contribution in [1.29, 1.82) is 0 Å². The van der Waals surface area contributed by atoms with Gasteiger partial charge in [-0.3, -0.25) is 4.79 Å². The molecular weight excluding hydrogens is 178 g/mol. The van der Waals surface area contributed by atoms with Crippen molar-refractivity contribution >= 4 is 5.91 Å². The second-order valence-electron chi connectivity index (χ2n) is 4.72. The third-order valence-electron chi connectivity index (χ3n) is 2.68. The Morgan fingerprint density at radius 1 is 1.50 bits per heavy atom. The van der Waals surface area contributed by atoms with E-state index in [1.807, 2.05) is 11.8 Å². The highest BCUT2D eigenvalue weighted by Gasteiger charge is 2.28. The van der Waals surface area contributed by atoms with Gasteiger partial charge in [-0.05, 0) is 25.2 Å². The monoisotopic (exact) mass is 199 g/mol. The lowest BCUT2D eigenvalue weighted by molar-refractivity contribution is -0.139. The molecule has 0 spiro atoms. The Bertz CT molecular complexity index is 201. The molecule has 0 aromatic carbocycles. The summed E-state index contributed by atoms with van der Waals surface area (Å²) in [5.74, 6) is 0.139. The summed E-state index contributed by atoms with van der Waals surface area (Å²) in [7, 11) is 0. The number of rotatable bonds is 3. The van der Waals surface area contributed by atoms with Gasteiger partial charge in [-0.2, -0.15) is 0 Å². The van der Waals surface area contributed by atoms with E-state index in [0.29, 0.717) is 6.61 Å². The zero-order valence-electron chi connectivity index (χ0n) is 9.51. The van der Waals surface area contributed by atoms with E-state index in [1.165, 1.54) is 6.42 Å². The molecular formula is C11H21NO2. The third kappa shape index (κ3) is 3.29. The number of hydrogen-bond acceptors (Lipinski definition) is 2. The maximum Gasteiger partial charge on any atom is 0.248 e. The zero-order chi connectivity index (χ0) is 10.6. The first-order valence-corrected chi connectivity index (χ1v) is 5.41. The number of hydrogen-bond donors (Lipinski definition) is 0. The van der Waals surface area contributed by atoms with Gasteiger partial charge in [0.15, 0.2) is 0 Å². The fourth-order valence-corrected chi connectivity index (χ4v) is 1.92. The van der Waals surface area contributed by atoms with Crippen molar-refractivity contribution in [2.75, 3.05) is 26.3 Å². The van der Waals surface area contributed by atoms with Crippen LogP contribution in [-0.2, 0) is 9.53 Å². The molecule has 1 rings (SSSR count). The normalized spacial score (nSPS) is 20.9. The number of piperidine rings is 1. The lowest BCUT2D eigenvalue weighted by atomic mass is 9.84. The highest BCUT2D eigenvalue weighted by molar-refractivity contribution is 5.77. The fourth-order valence-electron chi connectivity index (χ4n) is 1.92. The van der Waals surface area contributed by atoms with Crippen molar-refractivity contribution in [3.63, 3.8) is 0 Å². The number of carbonyl (C=O) groups excluding carboxylic acids is 1. The summed E-state index contributed by atoms with van der Waals surface area (Å²) in [5.41, 5.74) is 0.278. The Morgan fingerprint density at radius 3 is 2.79 bits per heavy atom. The smallest absolute Gasteiger partial charge is 0.248 e. The molecule has 1 amide bonds. The van der Waals surface area contributed by atoms with Crippen molar-refractivity contribution < 1.29 is 9.53 Å². The van der Waals surface area contributed by atoms with Crippen LogP contribution in [0.5, 0.6) is 0 Å². The topological polar surface area (TPSA) is 29.5 Å². The molecule has 0 radical (unpaired) electrons. The Kier molecular flexibility index (Phi) is 3.93. The van der Waals surface area contributed by atoms with Crippen LogP contribution in [0.15, 0.2) is 0 Å². The predicted molar refractivity (Wildman–Crippen MR) is 56.1 cm³/mol. The van der Waals surface area contributed by atoms with Crippen LogP contribution < -0.4 is 0 Å². The molecule has 3 nitrogen and oxygen atoms in total. The largest absolute Gasteiger partial charge is 0.372 e. The first-order valence-electron chi connectivity index (χ1n) is 5.41. The van der Waals surface area contributed by atoms with Crippen LogP contribution in [0.25, 0.3) is 0 Å². The fraction of sp³-hybridized carbons (Fsp3) is 0.909. The predicted octanol–water partition coefficient (Wildman–Crippen LogP) is 1.67. The van der Waals surface area contributed by atoms with Gasteiger partial charge in [0.05, 0.1) is 0 Å². The summed E-state index contributed by atoms with van der Waals surface area (Å²) < 4.78 is 5.13. The van der Waals surface area contributed by atoms with Crippen LogP contribution in [0.1, 0.15) is 33.6 Å². The summed E-state index contributed by atoms with van der Waals surface area (Å²) in [4.78, 5) is 13.6. The van der Waals surface area contributed by atoms with Gasteiger partial charge in [0.1, 0.15) is 6.61 Å². The first kappa shape index (κ1) is 11.5. The van der Waals surface area contributed by atoms with Crippen LogP contribution >= 0.6 is 0 Å². The molecule has 1 fully saturated rings. The number of nitrogens with zero attached hydrogens (tertiary/aromatic N) is 1. The summed E-state index contributed by atoms with van der Waals surface area (Å²) in [6.07, 6.45) is 2.33. The molecule has 0 saturated carbocycles. The Labute approximate surface area is 86.4 Å². The zero-order valence-corrected chi connectivity index (χ0v) is 9.51. The maximum absolute atomic E-state index is 11.6. The summed E-state index contributed by atoms with van der Waals surface area (Å²) in [5, 5.41) is 0. The van der Waals surface area contributed by atoms with E-state index in [0.717, 1.165) is 19.5 Å². The van der Waals surface area contributed by atoms with Gasteiger partial charge < -0.3 is 9.64 Å². The van der Waals surface area contributed by atoms with Gasteiger partial charge in [0.2, 0.25) is 5.91 Å². The summed E-state index contributed by atoms with van der Waals surface area (Å²) >= 11 is 0. The van der Waals surface area contributed by atoms with Crippen molar-refractivity contribution in [2.45, 2.75) is 33.6 Å². The van der Waals surface area contributed by atoms with E-state index in [4.69, 9.17) is 4.74 Å². The SMILES string of the molecule is CCOCC(=O)N1CCCC(C)(C)C1. The molecule has 0 unspecified atom stereocenters. The highest BCUT2D eigenvalue weighted by Crippen LogP contribution is 2.28. The molecule has 0 aliphatic carbocycles. The number of likely N-dealkylation sites (tertiary alicyclic amines) is 1. The molecule has 0 aromatic heterocycles. The molecule has 0 N–H and O–H groups in total. The average molecular weight is 199 g/mol. The second kappa shape index (κ2) is 4.78. The number of amides is 1. The lowest BCUT2D eigenvalue weighted by Gasteiger charge is -2.38. The van der Waals surface area contributed by atoms with E-state index in [1.54, 1.807) is 0 Å². The molecule has 0 bridgehead atoms. The maximum atomic E-state index is 11.6. The van der Waals surface area contributed by atoms with Crippen molar-refractivity contribution in [3.8, 4) is 0 Å². The Balaban J connectivity index is 2.40. The van der Waals surface area contributed by atoms with Crippen LogP contribution in [-0.4, -0.2) is 37.1 Å². The molecule has 82 valence electrons. The minimum atomic E-state index is 0.139. The van der Waals surface area contributed by atoms with Crippen LogP contribution in [0.2, 0.25) is 0 Å². The molecule has 1 saturated heterocycles. The Morgan fingerprint density at radius 2 is 2.21 bits per heavy atom. The molecule has 0 aromatic rings. The molecule has 1 aliphatic rings. The summed E-state index contributed by atoms with van der Waals surface area (Å²) in [6.45, 7) is 8.97. The minimum absolute atomic E-state index is 0.139. The van der Waals surface area contributed by atoms with E-state index in [-0.39, 0.29) is 17.9 Å². The second-order valence-corrected chi connectivity index (χ2v) is 4.72. The van der Waals surface area contributed by atoms with Crippen LogP contribution in [0, 0.1) is 5.41 Å². The highest BCUT2D eigenvalue weighted by atomic mass is 16.5. The van der Waals surface area contributed by atoms with Gasteiger partial charge in [0.25, 0.3) is 0 Å². The van der Waals surface area contributed by atoms with Gasteiger partial charge >= 0.3 is 0 Å². The van der Waals surface area contributed by atoms with Gasteiger partial charge in [-0.1, -0.05) is 13.8 Å². The van der Waals surface area contributed by atoms with Crippen molar-refractivity contribution in [3.05, 3.63) is 0 Å². The van der Waals surface area contributed by atoms with E-state index < -0.39 is 0 Å². The standard InChI is InChI=1S/C11H21NO2/c1-4-14-8-10(13)12-7-5-6-11(2,3)9-12/h4-9H2,1-3H3. The van der Waals surface area contributed by atoms with E-state index in [9.17, 15) is 4.79 Å². The first-order chi connectivity index (χ1) is 6.55. The lowest BCUT2D eigenvalue weighted by Crippen LogP contribution is -2.45. The average Bonchev–Trinajstić information content (AvgIpc) is 2.12. The van der Waals surface area contributed by atoms with Crippen molar-refractivity contribution in [1.82, 2.24) is 4.90 Å². The Hall–Kier alpha value is -0.570. The quantitative estimate of drug-likeness (QED) is 0.692.